The minimum Gasteiger partial charge on any atom is -0.486 e. The van der Waals surface area contributed by atoms with E-state index < -0.39 is 0 Å². The van der Waals surface area contributed by atoms with Crippen molar-refractivity contribution in [2.24, 2.45) is 0 Å². The number of aromatic nitrogens is 1. The Morgan fingerprint density at radius 3 is 2.65 bits per heavy atom. The Hall–Kier alpha value is -1.39. The fraction of sp³-hybridized carbons (Fsp3) is 0.438. The summed E-state index contributed by atoms with van der Waals surface area (Å²) in [7, 11) is 0. The van der Waals surface area contributed by atoms with Gasteiger partial charge in [0.15, 0.2) is 0 Å². The van der Waals surface area contributed by atoms with Crippen LogP contribution in [0, 0.1) is 6.92 Å². The maximum absolute atomic E-state index is 5.75. The first kappa shape index (κ1) is 15.0. The molecule has 0 bridgehead atoms. The van der Waals surface area contributed by atoms with Crippen molar-refractivity contribution >= 4 is 11.3 Å². The number of benzene rings is 1. The molecule has 0 aliphatic rings. The highest BCUT2D eigenvalue weighted by atomic mass is 32.1. The molecule has 0 aliphatic heterocycles. The van der Waals surface area contributed by atoms with Crippen molar-refractivity contribution in [2.45, 2.75) is 39.8 Å². The zero-order valence-electron chi connectivity index (χ0n) is 12.3. The van der Waals surface area contributed by atoms with E-state index in [1.165, 1.54) is 5.56 Å². The van der Waals surface area contributed by atoms with Crippen LogP contribution in [0.5, 0.6) is 5.75 Å². The first-order chi connectivity index (χ1) is 9.67. The predicted molar refractivity (Wildman–Crippen MR) is 84.5 cm³/mol. The molecule has 4 heteroatoms. The van der Waals surface area contributed by atoms with Gasteiger partial charge in [0.05, 0.1) is 0 Å². The predicted octanol–water partition coefficient (Wildman–Crippen LogP) is 3.57. The standard InChI is InChI=1S/C16H22N2OS/c1-4-17-12(2)9-14-5-7-15(8-6-14)19-10-16-18-13(3)11-20-16/h5-8,11-12,17H,4,9-10H2,1-3H3. The summed E-state index contributed by atoms with van der Waals surface area (Å²) in [4.78, 5) is 4.39. The Morgan fingerprint density at radius 1 is 1.30 bits per heavy atom. The van der Waals surface area contributed by atoms with E-state index in [9.17, 15) is 0 Å². The Morgan fingerprint density at radius 2 is 2.05 bits per heavy atom. The number of aryl methyl sites for hydroxylation is 1. The highest BCUT2D eigenvalue weighted by molar-refractivity contribution is 7.09. The van der Waals surface area contributed by atoms with Crippen LogP contribution >= 0.6 is 11.3 Å². The van der Waals surface area contributed by atoms with Crippen molar-refractivity contribution in [2.75, 3.05) is 6.54 Å². The molecule has 0 radical (unpaired) electrons. The first-order valence-electron chi connectivity index (χ1n) is 7.03. The zero-order valence-corrected chi connectivity index (χ0v) is 13.2. The molecule has 2 rings (SSSR count). The number of hydrogen-bond acceptors (Lipinski definition) is 4. The van der Waals surface area contributed by atoms with Gasteiger partial charge in [-0.05, 0) is 44.5 Å². The SMILES string of the molecule is CCNC(C)Cc1ccc(OCc2nc(C)cs2)cc1. The van der Waals surface area contributed by atoms with Gasteiger partial charge in [0.1, 0.15) is 17.4 Å². The van der Waals surface area contributed by atoms with E-state index in [2.05, 4.69) is 36.3 Å². The van der Waals surface area contributed by atoms with Crippen LogP contribution in [-0.2, 0) is 13.0 Å². The van der Waals surface area contributed by atoms with Crippen molar-refractivity contribution in [3.63, 3.8) is 0 Å². The second-order valence-corrected chi connectivity index (χ2v) is 5.92. The summed E-state index contributed by atoms with van der Waals surface area (Å²) in [6, 6.07) is 8.85. The molecule has 0 fully saturated rings. The summed E-state index contributed by atoms with van der Waals surface area (Å²) in [6.45, 7) is 7.90. The first-order valence-corrected chi connectivity index (χ1v) is 7.91. The lowest BCUT2D eigenvalue weighted by Crippen LogP contribution is -2.27. The molecule has 0 spiro atoms. The van der Waals surface area contributed by atoms with E-state index in [0.29, 0.717) is 12.6 Å². The van der Waals surface area contributed by atoms with Gasteiger partial charge in [-0.3, -0.25) is 0 Å². The van der Waals surface area contributed by atoms with Crippen LogP contribution < -0.4 is 10.1 Å². The van der Waals surface area contributed by atoms with Gasteiger partial charge in [0.2, 0.25) is 0 Å². The summed E-state index contributed by atoms with van der Waals surface area (Å²) < 4.78 is 5.75. The smallest absolute Gasteiger partial charge is 0.140 e. The van der Waals surface area contributed by atoms with Crippen LogP contribution in [0.4, 0.5) is 0 Å². The second-order valence-electron chi connectivity index (χ2n) is 4.98. The molecule has 0 amide bonds. The minimum absolute atomic E-state index is 0.505. The molecule has 1 atom stereocenters. The Bertz CT molecular complexity index is 522. The van der Waals surface area contributed by atoms with Crippen LogP contribution in [0.25, 0.3) is 0 Å². The zero-order chi connectivity index (χ0) is 14.4. The average Bonchev–Trinajstić information content (AvgIpc) is 2.84. The molecule has 3 nitrogen and oxygen atoms in total. The van der Waals surface area contributed by atoms with Crippen molar-refractivity contribution in [3.8, 4) is 5.75 Å². The number of rotatable bonds is 7. The third-order valence-electron chi connectivity index (χ3n) is 3.05. The van der Waals surface area contributed by atoms with E-state index in [0.717, 1.165) is 29.4 Å². The van der Waals surface area contributed by atoms with Crippen LogP contribution in [0.3, 0.4) is 0 Å². The van der Waals surface area contributed by atoms with Gasteiger partial charge >= 0.3 is 0 Å². The molecule has 0 saturated carbocycles. The maximum Gasteiger partial charge on any atom is 0.140 e. The van der Waals surface area contributed by atoms with Crippen molar-refractivity contribution in [1.29, 1.82) is 0 Å². The fourth-order valence-corrected chi connectivity index (χ4v) is 2.79. The van der Waals surface area contributed by atoms with E-state index >= 15 is 0 Å². The lowest BCUT2D eigenvalue weighted by molar-refractivity contribution is 0.305. The van der Waals surface area contributed by atoms with E-state index in [1.807, 2.05) is 24.4 Å². The van der Waals surface area contributed by atoms with Crippen molar-refractivity contribution in [3.05, 3.63) is 45.9 Å². The molecule has 1 unspecified atom stereocenters. The molecular weight excluding hydrogens is 268 g/mol. The van der Waals surface area contributed by atoms with Crippen LogP contribution in [0.15, 0.2) is 29.6 Å². The molecule has 1 aromatic heterocycles. The topological polar surface area (TPSA) is 34.1 Å². The fourth-order valence-electron chi connectivity index (χ4n) is 2.11. The van der Waals surface area contributed by atoms with Gasteiger partial charge in [-0.2, -0.15) is 0 Å². The summed E-state index contributed by atoms with van der Waals surface area (Å²) >= 11 is 1.64. The van der Waals surface area contributed by atoms with Gasteiger partial charge in [0.25, 0.3) is 0 Å². The molecule has 0 saturated heterocycles. The Labute approximate surface area is 125 Å². The number of likely N-dealkylation sites (N-methyl/N-ethyl adjacent to an activating group) is 1. The van der Waals surface area contributed by atoms with Gasteiger partial charge in [0, 0.05) is 17.1 Å². The minimum atomic E-state index is 0.505. The summed E-state index contributed by atoms with van der Waals surface area (Å²) in [6.07, 6.45) is 1.04. The Kier molecular flexibility index (Phi) is 5.56. The monoisotopic (exact) mass is 290 g/mol. The quantitative estimate of drug-likeness (QED) is 0.846. The molecule has 2 aromatic rings. The van der Waals surface area contributed by atoms with Crippen LogP contribution in [0.1, 0.15) is 30.1 Å². The van der Waals surface area contributed by atoms with Gasteiger partial charge in [-0.15, -0.1) is 11.3 Å². The number of hydrogen-bond donors (Lipinski definition) is 1. The van der Waals surface area contributed by atoms with Crippen LogP contribution in [-0.4, -0.2) is 17.6 Å². The van der Waals surface area contributed by atoms with E-state index in [-0.39, 0.29) is 0 Å². The Balaban J connectivity index is 1.85. The lowest BCUT2D eigenvalue weighted by Gasteiger charge is -2.12. The van der Waals surface area contributed by atoms with Crippen molar-refractivity contribution in [1.82, 2.24) is 10.3 Å². The average molecular weight is 290 g/mol. The third kappa shape index (κ3) is 4.62. The summed E-state index contributed by atoms with van der Waals surface area (Å²) in [5, 5.41) is 6.49. The molecule has 108 valence electrons. The summed E-state index contributed by atoms with van der Waals surface area (Å²) in [5.41, 5.74) is 2.39. The summed E-state index contributed by atoms with van der Waals surface area (Å²) in [5.74, 6) is 0.901. The molecule has 1 heterocycles. The molecule has 1 aromatic carbocycles. The maximum atomic E-state index is 5.75. The number of ether oxygens (including phenoxy) is 1. The molecule has 0 aliphatic carbocycles. The number of nitrogens with zero attached hydrogens (tertiary/aromatic N) is 1. The van der Waals surface area contributed by atoms with E-state index in [1.54, 1.807) is 11.3 Å². The second kappa shape index (κ2) is 7.41. The largest absolute Gasteiger partial charge is 0.486 e. The van der Waals surface area contributed by atoms with Gasteiger partial charge in [-0.25, -0.2) is 4.98 Å². The number of nitrogens with one attached hydrogen (secondary N) is 1. The van der Waals surface area contributed by atoms with Gasteiger partial charge < -0.3 is 10.1 Å². The lowest BCUT2D eigenvalue weighted by atomic mass is 10.1. The third-order valence-corrected chi connectivity index (χ3v) is 3.99. The highest BCUT2D eigenvalue weighted by Gasteiger charge is 2.03. The van der Waals surface area contributed by atoms with Crippen molar-refractivity contribution < 1.29 is 4.74 Å². The van der Waals surface area contributed by atoms with Gasteiger partial charge in [-0.1, -0.05) is 19.1 Å². The normalized spacial score (nSPS) is 12.3. The molecular formula is C16H22N2OS. The van der Waals surface area contributed by atoms with E-state index in [4.69, 9.17) is 4.74 Å². The van der Waals surface area contributed by atoms with Crippen LogP contribution in [0.2, 0.25) is 0 Å². The highest BCUT2D eigenvalue weighted by Crippen LogP contribution is 2.16. The molecule has 1 N–H and O–H groups in total. The molecule has 20 heavy (non-hydrogen) atoms. The number of thiazole rings is 1.